The Bertz CT molecular complexity index is 679. The van der Waals surface area contributed by atoms with Crippen LogP contribution in [0.2, 0.25) is 0 Å². The van der Waals surface area contributed by atoms with E-state index in [2.05, 4.69) is 18.7 Å². The summed E-state index contributed by atoms with van der Waals surface area (Å²) in [5, 5.41) is 0. The number of hydrogen-bond acceptors (Lipinski definition) is 4. The van der Waals surface area contributed by atoms with Crippen molar-refractivity contribution in [1.29, 1.82) is 0 Å². The molecule has 0 spiro atoms. The third-order valence-electron chi connectivity index (χ3n) is 8.16. The summed E-state index contributed by atoms with van der Waals surface area (Å²) in [7, 11) is 0. The minimum absolute atomic E-state index is 0.0538. The van der Waals surface area contributed by atoms with Crippen molar-refractivity contribution in [3.63, 3.8) is 0 Å². The molecule has 3 unspecified atom stereocenters. The summed E-state index contributed by atoms with van der Waals surface area (Å²) in [5.74, 6) is 1.93. The summed E-state index contributed by atoms with van der Waals surface area (Å²) in [6.07, 6.45) is 13.2. The van der Waals surface area contributed by atoms with E-state index in [0.29, 0.717) is 17.6 Å². The minimum Gasteiger partial charge on any atom is -0.459 e. The largest absolute Gasteiger partial charge is 0.459 e. The van der Waals surface area contributed by atoms with E-state index in [9.17, 15) is 9.59 Å². The van der Waals surface area contributed by atoms with Gasteiger partial charge in [0.05, 0.1) is 6.04 Å². The third kappa shape index (κ3) is 3.60. The van der Waals surface area contributed by atoms with E-state index in [4.69, 9.17) is 4.74 Å². The Morgan fingerprint density at radius 2 is 2.04 bits per heavy atom. The second-order valence-corrected chi connectivity index (χ2v) is 9.80. The quantitative estimate of drug-likeness (QED) is 0.405. The van der Waals surface area contributed by atoms with E-state index >= 15 is 0 Å². The molecule has 1 heterocycles. The average Bonchev–Trinajstić information content (AvgIpc) is 3.48. The molecule has 6 atom stereocenters. The van der Waals surface area contributed by atoms with E-state index in [-0.39, 0.29) is 29.4 Å². The van der Waals surface area contributed by atoms with Crippen molar-refractivity contribution in [3.8, 4) is 0 Å². The molecule has 4 heteroatoms. The summed E-state index contributed by atoms with van der Waals surface area (Å²) in [5.41, 5.74) is 0.176. The summed E-state index contributed by atoms with van der Waals surface area (Å²) in [6.45, 7) is 8.79. The van der Waals surface area contributed by atoms with E-state index in [1.807, 2.05) is 19.1 Å². The first kappa shape index (κ1) is 19.9. The van der Waals surface area contributed by atoms with Crippen LogP contribution in [0.5, 0.6) is 0 Å². The zero-order chi connectivity index (χ0) is 19.9. The Morgan fingerprint density at radius 3 is 2.75 bits per heavy atom. The van der Waals surface area contributed by atoms with Crippen molar-refractivity contribution in [3.05, 3.63) is 24.3 Å². The number of fused-ring (bicyclic) bond motifs is 4. The SMILES string of the molecule is C/C=C/C=C/C(=O)OC1CCC2C(=O)[C@@H]3[C@H](C)[C@@](C)(CCN3CC3CC3)C2C1. The number of Topliss-reactive ketones (excluding diaryl/α,β-unsaturated/α-hetero) is 1. The fourth-order valence-electron chi connectivity index (χ4n) is 6.19. The zero-order valence-electron chi connectivity index (χ0n) is 17.6. The first-order valence-electron chi connectivity index (χ1n) is 11.2. The van der Waals surface area contributed by atoms with Crippen molar-refractivity contribution < 1.29 is 14.3 Å². The van der Waals surface area contributed by atoms with E-state index < -0.39 is 0 Å². The maximum Gasteiger partial charge on any atom is 0.331 e. The molecule has 1 saturated heterocycles. The monoisotopic (exact) mass is 385 g/mol. The molecule has 0 aromatic rings. The molecule has 4 fully saturated rings. The van der Waals surface area contributed by atoms with Gasteiger partial charge in [-0.25, -0.2) is 4.79 Å². The lowest BCUT2D eigenvalue weighted by molar-refractivity contribution is -0.170. The Hall–Kier alpha value is -1.42. The maximum absolute atomic E-state index is 13.5. The number of hydrogen-bond donors (Lipinski definition) is 0. The third-order valence-corrected chi connectivity index (χ3v) is 8.16. The van der Waals surface area contributed by atoms with Crippen LogP contribution in [0.1, 0.15) is 59.3 Å². The molecule has 0 aromatic heterocycles. The Balaban J connectivity index is 1.46. The van der Waals surface area contributed by atoms with Crippen LogP contribution in [0.15, 0.2) is 24.3 Å². The molecule has 4 aliphatic rings. The van der Waals surface area contributed by atoms with E-state index in [0.717, 1.165) is 44.7 Å². The number of carbonyl (C=O) groups excluding carboxylic acids is 2. The van der Waals surface area contributed by atoms with Gasteiger partial charge in [-0.2, -0.15) is 0 Å². The van der Waals surface area contributed by atoms with Gasteiger partial charge in [-0.3, -0.25) is 9.69 Å². The maximum atomic E-state index is 13.5. The van der Waals surface area contributed by atoms with Crippen LogP contribution in [0.3, 0.4) is 0 Å². The predicted molar refractivity (Wildman–Crippen MR) is 110 cm³/mol. The van der Waals surface area contributed by atoms with Crippen LogP contribution < -0.4 is 0 Å². The Labute approximate surface area is 169 Å². The molecule has 4 nitrogen and oxygen atoms in total. The number of rotatable bonds is 5. The Morgan fingerprint density at radius 1 is 1.25 bits per heavy atom. The van der Waals surface area contributed by atoms with Crippen LogP contribution in [0, 0.1) is 29.1 Å². The predicted octanol–water partition coefficient (Wildman–Crippen LogP) is 4.16. The first-order chi connectivity index (χ1) is 13.4. The fourth-order valence-corrected chi connectivity index (χ4v) is 6.19. The molecule has 2 bridgehead atoms. The standard InChI is InChI=1S/C24H35NO3/c1-4-5-6-7-21(26)28-18-10-11-19-20(14-18)24(3)12-13-25(15-17-8-9-17)22(16(24)2)23(19)27/h4-7,16-20,22H,8-15H2,1-3H3/b5-4+,7-6+/t16-,18?,19?,20?,22-,24+/m0/s1. The number of ketones is 1. The van der Waals surface area contributed by atoms with Gasteiger partial charge in [0.25, 0.3) is 0 Å². The summed E-state index contributed by atoms with van der Waals surface area (Å²) in [6, 6.07) is 0.114. The van der Waals surface area contributed by atoms with Crippen molar-refractivity contribution >= 4 is 11.8 Å². The molecule has 3 saturated carbocycles. The number of piperidine rings is 1. The van der Waals surface area contributed by atoms with Crippen LogP contribution in [0.4, 0.5) is 0 Å². The number of nitrogens with zero attached hydrogens (tertiary/aromatic N) is 1. The van der Waals surface area contributed by atoms with Gasteiger partial charge in [0, 0.05) is 18.5 Å². The Kier molecular flexibility index (Phi) is 5.52. The lowest BCUT2D eigenvalue weighted by Crippen LogP contribution is -2.66. The second kappa shape index (κ2) is 7.78. The first-order valence-corrected chi connectivity index (χ1v) is 11.2. The molecular formula is C24H35NO3. The van der Waals surface area contributed by atoms with Gasteiger partial charge in [-0.05, 0) is 75.2 Å². The molecular weight excluding hydrogens is 350 g/mol. The molecule has 0 N–H and O–H groups in total. The molecule has 154 valence electrons. The molecule has 0 aromatic carbocycles. The van der Waals surface area contributed by atoms with Gasteiger partial charge < -0.3 is 4.74 Å². The number of likely N-dealkylation sites (tertiary alicyclic amines) is 1. The summed E-state index contributed by atoms with van der Waals surface area (Å²) >= 11 is 0. The average molecular weight is 386 g/mol. The highest BCUT2D eigenvalue weighted by atomic mass is 16.5. The molecule has 3 aliphatic carbocycles. The number of allylic oxidation sites excluding steroid dienone is 3. The molecule has 4 rings (SSSR count). The highest BCUT2D eigenvalue weighted by Crippen LogP contribution is 2.57. The zero-order valence-corrected chi connectivity index (χ0v) is 17.6. The number of esters is 1. The number of carbonyl (C=O) groups is 2. The normalized spacial score (nSPS) is 41.4. The van der Waals surface area contributed by atoms with Crippen molar-refractivity contribution in [2.75, 3.05) is 13.1 Å². The van der Waals surface area contributed by atoms with Crippen molar-refractivity contribution in [2.45, 2.75) is 71.4 Å². The van der Waals surface area contributed by atoms with E-state index in [1.54, 1.807) is 6.08 Å². The van der Waals surface area contributed by atoms with Crippen molar-refractivity contribution in [2.24, 2.45) is 29.1 Å². The van der Waals surface area contributed by atoms with Crippen LogP contribution >= 0.6 is 0 Å². The molecule has 0 radical (unpaired) electrons. The van der Waals surface area contributed by atoms with Gasteiger partial charge in [-0.15, -0.1) is 0 Å². The van der Waals surface area contributed by atoms with Gasteiger partial charge in [-0.1, -0.05) is 32.1 Å². The van der Waals surface area contributed by atoms with Crippen molar-refractivity contribution in [1.82, 2.24) is 4.90 Å². The minimum atomic E-state index is -0.265. The van der Waals surface area contributed by atoms with Gasteiger partial charge in [0.1, 0.15) is 6.10 Å². The van der Waals surface area contributed by atoms with E-state index in [1.165, 1.54) is 18.9 Å². The fraction of sp³-hybridized carbons (Fsp3) is 0.750. The smallest absolute Gasteiger partial charge is 0.331 e. The summed E-state index contributed by atoms with van der Waals surface area (Å²) in [4.78, 5) is 28.1. The molecule has 0 amide bonds. The van der Waals surface area contributed by atoms with Gasteiger partial charge in [0.15, 0.2) is 5.78 Å². The van der Waals surface area contributed by atoms with Gasteiger partial charge >= 0.3 is 5.97 Å². The van der Waals surface area contributed by atoms with Crippen LogP contribution in [-0.4, -0.2) is 41.9 Å². The molecule has 28 heavy (non-hydrogen) atoms. The lowest BCUT2D eigenvalue weighted by Gasteiger charge is -2.60. The number of ether oxygens (including phenoxy) is 1. The second-order valence-electron chi connectivity index (χ2n) is 9.80. The highest BCUT2D eigenvalue weighted by Gasteiger charge is 2.59. The lowest BCUT2D eigenvalue weighted by atomic mass is 9.49. The molecule has 1 aliphatic heterocycles. The summed E-state index contributed by atoms with van der Waals surface area (Å²) < 4.78 is 5.74. The van der Waals surface area contributed by atoms with Crippen LogP contribution in [-0.2, 0) is 14.3 Å². The highest BCUT2D eigenvalue weighted by molar-refractivity contribution is 5.88. The van der Waals surface area contributed by atoms with Crippen LogP contribution in [0.25, 0.3) is 0 Å². The topological polar surface area (TPSA) is 46.6 Å². The van der Waals surface area contributed by atoms with Gasteiger partial charge in [0.2, 0.25) is 0 Å².